The molecule has 0 N–H and O–H groups in total. The number of alkyl halides is 1. The van der Waals surface area contributed by atoms with E-state index in [4.69, 9.17) is 5.26 Å². The van der Waals surface area contributed by atoms with Crippen molar-refractivity contribution in [3.05, 3.63) is 34.4 Å². The molecule has 0 saturated heterocycles. The Morgan fingerprint density at radius 2 is 1.69 bits per heavy atom. The van der Waals surface area contributed by atoms with E-state index in [0.717, 1.165) is 5.56 Å². The van der Waals surface area contributed by atoms with Gasteiger partial charge in [0, 0.05) is 0 Å². The van der Waals surface area contributed by atoms with E-state index >= 15 is 0 Å². The summed E-state index contributed by atoms with van der Waals surface area (Å²) in [6.07, 6.45) is 0. The van der Waals surface area contributed by atoms with Gasteiger partial charge in [-0.15, -0.1) is 0 Å². The minimum Gasteiger partial charge on any atom is -0.197 e. The highest BCUT2D eigenvalue weighted by molar-refractivity contribution is 9.09. The molecule has 1 aromatic rings. The number of hydrogen-bond acceptors (Lipinski definition) is 1. The first-order chi connectivity index (χ1) is 6.06. The van der Waals surface area contributed by atoms with Gasteiger partial charge in [0.2, 0.25) is 0 Å². The third-order valence-electron chi connectivity index (χ3n) is 2.10. The molecule has 0 aromatic heterocycles. The molecular weight excluding hydrogens is 226 g/mol. The summed E-state index contributed by atoms with van der Waals surface area (Å²) in [5.41, 5.74) is 4.71. The third-order valence-corrected chi connectivity index (χ3v) is 2.77. The number of nitrogens with zero attached hydrogens (tertiary/aromatic N) is 1. The number of benzene rings is 1. The summed E-state index contributed by atoms with van der Waals surface area (Å²) in [5, 5.41) is 8.81. The van der Waals surface area contributed by atoms with E-state index in [2.05, 4.69) is 41.1 Å². The molecule has 0 aliphatic rings. The van der Waals surface area contributed by atoms with Crippen molar-refractivity contribution in [3.63, 3.8) is 0 Å². The Kier molecular flexibility index (Phi) is 3.11. The molecule has 2 heteroatoms. The molecule has 0 aliphatic heterocycles. The van der Waals surface area contributed by atoms with E-state index in [-0.39, 0.29) is 4.83 Å². The zero-order chi connectivity index (χ0) is 10.0. The average molecular weight is 238 g/mol. The quantitative estimate of drug-likeness (QED) is 0.686. The zero-order valence-corrected chi connectivity index (χ0v) is 9.64. The molecular formula is C11H12BrN. The highest BCUT2D eigenvalue weighted by Gasteiger charge is 2.11. The second-order valence-electron chi connectivity index (χ2n) is 3.30. The Hall–Kier alpha value is -0.810. The van der Waals surface area contributed by atoms with Gasteiger partial charge in [0.25, 0.3) is 0 Å². The molecule has 0 heterocycles. The van der Waals surface area contributed by atoms with E-state index in [1.54, 1.807) is 0 Å². The number of rotatable bonds is 1. The highest BCUT2D eigenvalue weighted by Crippen LogP contribution is 2.28. The summed E-state index contributed by atoms with van der Waals surface area (Å²) >= 11 is 3.35. The summed E-state index contributed by atoms with van der Waals surface area (Å²) in [4.78, 5) is -0.187. The van der Waals surface area contributed by atoms with Crippen LogP contribution < -0.4 is 0 Å². The third kappa shape index (κ3) is 2.10. The van der Waals surface area contributed by atoms with Crippen molar-refractivity contribution in [3.8, 4) is 6.07 Å². The molecule has 1 atom stereocenters. The van der Waals surface area contributed by atoms with Crippen LogP contribution in [-0.4, -0.2) is 0 Å². The predicted octanol–water partition coefficient (Wildman–Crippen LogP) is 3.57. The maximum absolute atomic E-state index is 8.81. The van der Waals surface area contributed by atoms with Crippen LogP contribution in [0.1, 0.15) is 27.1 Å². The molecule has 1 unspecified atom stereocenters. The summed E-state index contributed by atoms with van der Waals surface area (Å²) in [6, 6.07) is 6.41. The SMILES string of the molecule is Cc1cc(C)c(C(Br)C#N)c(C)c1. The van der Waals surface area contributed by atoms with Gasteiger partial charge in [0.1, 0.15) is 4.83 Å². The predicted molar refractivity (Wildman–Crippen MR) is 57.9 cm³/mol. The monoisotopic (exact) mass is 237 g/mol. The topological polar surface area (TPSA) is 23.8 Å². The minimum absolute atomic E-state index is 0.187. The molecule has 0 bridgehead atoms. The van der Waals surface area contributed by atoms with Crippen LogP contribution in [0.4, 0.5) is 0 Å². The molecule has 1 aromatic carbocycles. The van der Waals surface area contributed by atoms with E-state index in [9.17, 15) is 0 Å². The maximum Gasteiger partial charge on any atom is 0.127 e. The van der Waals surface area contributed by atoms with Crippen LogP contribution in [-0.2, 0) is 0 Å². The number of aryl methyl sites for hydroxylation is 3. The van der Waals surface area contributed by atoms with Crippen molar-refractivity contribution in [1.29, 1.82) is 5.26 Å². The largest absolute Gasteiger partial charge is 0.197 e. The Morgan fingerprint density at radius 1 is 1.23 bits per heavy atom. The van der Waals surface area contributed by atoms with Gasteiger partial charge >= 0.3 is 0 Å². The molecule has 0 saturated carbocycles. The van der Waals surface area contributed by atoms with E-state index in [1.165, 1.54) is 16.7 Å². The van der Waals surface area contributed by atoms with Crippen molar-refractivity contribution < 1.29 is 0 Å². The molecule has 0 radical (unpaired) electrons. The van der Waals surface area contributed by atoms with Gasteiger partial charge in [0.15, 0.2) is 0 Å². The molecule has 0 aliphatic carbocycles. The zero-order valence-electron chi connectivity index (χ0n) is 8.06. The van der Waals surface area contributed by atoms with Crippen LogP contribution >= 0.6 is 15.9 Å². The molecule has 0 fully saturated rings. The second-order valence-corrected chi connectivity index (χ2v) is 4.22. The lowest BCUT2D eigenvalue weighted by Gasteiger charge is -2.11. The van der Waals surface area contributed by atoms with Crippen molar-refractivity contribution in [2.45, 2.75) is 25.6 Å². The fraction of sp³-hybridized carbons (Fsp3) is 0.364. The van der Waals surface area contributed by atoms with Crippen LogP contribution in [0.25, 0.3) is 0 Å². The molecule has 0 amide bonds. The number of hydrogen-bond donors (Lipinski definition) is 0. The van der Waals surface area contributed by atoms with Crippen molar-refractivity contribution in [2.75, 3.05) is 0 Å². The van der Waals surface area contributed by atoms with Crippen LogP contribution in [0.5, 0.6) is 0 Å². The molecule has 13 heavy (non-hydrogen) atoms. The van der Waals surface area contributed by atoms with Crippen LogP contribution in [0.3, 0.4) is 0 Å². The fourth-order valence-electron chi connectivity index (χ4n) is 1.66. The normalized spacial score (nSPS) is 12.2. The van der Waals surface area contributed by atoms with Gasteiger partial charge in [0.05, 0.1) is 6.07 Å². The van der Waals surface area contributed by atoms with Gasteiger partial charge in [-0.25, -0.2) is 0 Å². The lowest BCUT2D eigenvalue weighted by Crippen LogP contribution is -1.96. The first-order valence-electron chi connectivity index (χ1n) is 4.17. The summed E-state index contributed by atoms with van der Waals surface area (Å²) in [5.74, 6) is 0. The molecule has 0 spiro atoms. The van der Waals surface area contributed by atoms with Gasteiger partial charge < -0.3 is 0 Å². The first-order valence-corrected chi connectivity index (χ1v) is 5.09. The Morgan fingerprint density at radius 3 is 2.08 bits per heavy atom. The van der Waals surface area contributed by atoms with Crippen molar-refractivity contribution in [2.24, 2.45) is 0 Å². The smallest absolute Gasteiger partial charge is 0.127 e. The minimum atomic E-state index is -0.187. The fourth-order valence-corrected chi connectivity index (χ4v) is 2.38. The Labute approximate surface area is 87.5 Å². The summed E-state index contributed by atoms with van der Waals surface area (Å²) < 4.78 is 0. The van der Waals surface area contributed by atoms with E-state index < -0.39 is 0 Å². The summed E-state index contributed by atoms with van der Waals surface area (Å²) in [6.45, 7) is 6.15. The number of halogens is 1. The van der Waals surface area contributed by atoms with Crippen molar-refractivity contribution >= 4 is 15.9 Å². The first kappa shape index (κ1) is 10.3. The average Bonchev–Trinajstić information content (AvgIpc) is 2.02. The van der Waals surface area contributed by atoms with E-state index in [1.807, 2.05) is 13.8 Å². The summed E-state index contributed by atoms with van der Waals surface area (Å²) in [7, 11) is 0. The van der Waals surface area contributed by atoms with Gasteiger partial charge in [-0.2, -0.15) is 5.26 Å². The van der Waals surface area contributed by atoms with E-state index in [0.29, 0.717) is 0 Å². The standard InChI is InChI=1S/C11H12BrN/c1-7-4-8(2)11(9(3)5-7)10(12)6-13/h4-5,10H,1-3H3. The Bertz CT molecular complexity index is 340. The molecule has 1 rings (SSSR count). The van der Waals surface area contributed by atoms with Gasteiger partial charge in [-0.1, -0.05) is 33.6 Å². The van der Waals surface area contributed by atoms with Crippen molar-refractivity contribution in [1.82, 2.24) is 0 Å². The molecule has 68 valence electrons. The Balaban J connectivity index is 3.30. The second kappa shape index (κ2) is 3.93. The number of nitriles is 1. The van der Waals surface area contributed by atoms with Crippen LogP contribution in [0.15, 0.2) is 12.1 Å². The lowest BCUT2D eigenvalue weighted by molar-refractivity contribution is 1.15. The highest BCUT2D eigenvalue weighted by atomic mass is 79.9. The lowest BCUT2D eigenvalue weighted by atomic mass is 9.98. The van der Waals surface area contributed by atoms with Gasteiger partial charge in [-0.3, -0.25) is 0 Å². The maximum atomic E-state index is 8.81. The van der Waals surface area contributed by atoms with Gasteiger partial charge in [-0.05, 0) is 37.5 Å². The molecule has 1 nitrogen and oxygen atoms in total. The van der Waals surface area contributed by atoms with Crippen LogP contribution in [0.2, 0.25) is 0 Å². The van der Waals surface area contributed by atoms with Crippen LogP contribution in [0, 0.1) is 32.1 Å².